The molecule has 12 heavy (non-hydrogen) atoms. The van der Waals surface area contributed by atoms with Crippen molar-refractivity contribution >= 4 is 5.84 Å². The van der Waals surface area contributed by atoms with Gasteiger partial charge in [-0.1, -0.05) is 13.3 Å². The highest BCUT2D eigenvalue weighted by Crippen LogP contribution is 2.12. The van der Waals surface area contributed by atoms with Gasteiger partial charge in [-0.2, -0.15) is 0 Å². The molecule has 1 heterocycles. The molecule has 0 N–H and O–H groups in total. The minimum absolute atomic E-state index is 1.19. The van der Waals surface area contributed by atoms with Crippen molar-refractivity contribution in [2.24, 2.45) is 4.99 Å². The van der Waals surface area contributed by atoms with E-state index in [1.54, 1.807) is 0 Å². The molecule has 0 aromatic carbocycles. The van der Waals surface area contributed by atoms with E-state index in [0.29, 0.717) is 0 Å². The lowest BCUT2D eigenvalue weighted by Crippen LogP contribution is -2.31. The second-order valence-electron chi connectivity index (χ2n) is 3.44. The van der Waals surface area contributed by atoms with Gasteiger partial charge < -0.3 is 4.90 Å². The number of rotatable bonds is 2. The minimum Gasteiger partial charge on any atom is -0.360 e. The number of likely N-dealkylation sites (tertiary alicyclic amines) is 1. The Bertz CT molecular complexity index is 152. The van der Waals surface area contributed by atoms with Crippen LogP contribution in [-0.4, -0.2) is 30.9 Å². The van der Waals surface area contributed by atoms with Crippen molar-refractivity contribution in [3.05, 3.63) is 0 Å². The Hall–Kier alpha value is -0.530. The number of hydrogen-bond donors (Lipinski definition) is 0. The summed E-state index contributed by atoms with van der Waals surface area (Å²) >= 11 is 0. The van der Waals surface area contributed by atoms with E-state index in [4.69, 9.17) is 0 Å². The van der Waals surface area contributed by atoms with Crippen LogP contribution in [0.25, 0.3) is 0 Å². The lowest BCUT2D eigenvalue weighted by molar-refractivity contribution is 0.413. The maximum atomic E-state index is 4.35. The Kier molecular flexibility index (Phi) is 4.12. The molecule has 1 aliphatic rings. The third kappa shape index (κ3) is 2.50. The molecule has 1 rings (SSSR count). The minimum atomic E-state index is 1.19. The largest absolute Gasteiger partial charge is 0.360 e. The summed E-state index contributed by atoms with van der Waals surface area (Å²) < 4.78 is 0. The second kappa shape index (κ2) is 5.18. The first-order valence-corrected chi connectivity index (χ1v) is 5.09. The first kappa shape index (κ1) is 9.56. The molecule has 0 radical (unpaired) electrons. The zero-order valence-electron chi connectivity index (χ0n) is 8.34. The summed E-state index contributed by atoms with van der Waals surface area (Å²) in [5, 5.41) is 0. The maximum absolute atomic E-state index is 4.35. The molecule has 0 aliphatic carbocycles. The van der Waals surface area contributed by atoms with Crippen molar-refractivity contribution in [1.29, 1.82) is 0 Å². The van der Waals surface area contributed by atoms with Crippen molar-refractivity contribution in [3.63, 3.8) is 0 Å². The number of aliphatic imine (C=N–C) groups is 1. The summed E-state index contributed by atoms with van der Waals surface area (Å²) in [6.07, 6.45) is 6.47. The van der Waals surface area contributed by atoms with Gasteiger partial charge >= 0.3 is 0 Å². The smallest absolute Gasteiger partial charge is 0.0985 e. The van der Waals surface area contributed by atoms with Crippen molar-refractivity contribution in [1.82, 2.24) is 4.90 Å². The van der Waals surface area contributed by atoms with Crippen LogP contribution < -0.4 is 0 Å². The van der Waals surface area contributed by atoms with E-state index in [1.165, 1.54) is 51.0 Å². The SMILES string of the molecule is CCCN1CCCCC/C1=N/C. The molecule has 0 aromatic rings. The van der Waals surface area contributed by atoms with Gasteiger partial charge in [0.15, 0.2) is 0 Å². The molecule has 0 aromatic heterocycles. The summed E-state index contributed by atoms with van der Waals surface area (Å²) in [6, 6.07) is 0. The van der Waals surface area contributed by atoms with Crippen LogP contribution in [0.1, 0.15) is 39.0 Å². The Morgan fingerprint density at radius 2 is 2.17 bits per heavy atom. The zero-order chi connectivity index (χ0) is 8.81. The molecular formula is C10H20N2. The number of nitrogens with zero attached hydrogens (tertiary/aromatic N) is 2. The first-order valence-electron chi connectivity index (χ1n) is 5.09. The van der Waals surface area contributed by atoms with Gasteiger partial charge in [0.2, 0.25) is 0 Å². The molecule has 0 amide bonds. The molecule has 1 saturated heterocycles. The normalized spacial score (nSPS) is 22.8. The summed E-state index contributed by atoms with van der Waals surface area (Å²) in [4.78, 5) is 6.80. The van der Waals surface area contributed by atoms with E-state index in [1.807, 2.05) is 7.05 Å². The average molecular weight is 168 g/mol. The zero-order valence-corrected chi connectivity index (χ0v) is 8.34. The highest BCUT2D eigenvalue weighted by atomic mass is 15.2. The van der Waals surface area contributed by atoms with Gasteiger partial charge in [-0.15, -0.1) is 0 Å². The number of hydrogen-bond acceptors (Lipinski definition) is 1. The van der Waals surface area contributed by atoms with E-state index < -0.39 is 0 Å². The molecule has 1 fully saturated rings. The van der Waals surface area contributed by atoms with Crippen molar-refractivity contribution in [3.8, 4) is 0 Å². The van der Waals surface area contributed by atoms with Crippen molar-refractivity contribution in [2.75, 3.05) is 20.1 Å². The van der Waals surface area contributed by atoms with Gasteiger partial charge in [0, 0.05) is 26.6 Å². The molecular weight excluding hydrogens is 148 g/mol. The van der Waals surface area contributed by atoms with Crippen LogP contribution in [-0.2, 0) is 0 Å². The third-order valence-corrected chi connectivity index (χ3v) is 2.45. The third-order valence-electron chi connectivity index (χ3n) is 2.45. The Balaban J connectivity index is 2.52. The van der Waals surface area contributed by atoms with Gasteiger partial charge in [0.05, 0.1) is 5.84 Å². The van der Waals surface area contributed by atoms with Crippen LogP contribution in [0.15, 0.2) is 4.99 Å². The van der Waals surface area contributed by atoms with Crippen LogP contribution in [0, 0.1) is 0 Å². The Morgan fingerprint density at radius 1 is 1.33 bits per heavy atom. The molecule has 2 heteroatoms. The highest BCUT2D eigenvalue weighted by molar-refractivity contribution is 5.82. The van der Waals surface area contributed by atoms with Crippen LogP contribution >= 0.6 is 0 Å². The topological polar surface area (TPSA) is 15.6 Å². The molecule has 0 atom stereocenters. The van der Waals surface area contributed by atoms with Gasteiger partial charge in [-0.3, -0.25) is 4.99 Å². The van der Waals surface area contributed by atoms with Gasteiger partial charge in [0.25, 0.3) is 0 Å². The fraction of sp³-hybridized carbons (Fsp3) is 0.900. The first-order chi connectivity index (χ1) is 5.88. The molecule has 0 unspecified atom stereocenters. The standard InChI is InChI=1S/C10H20N2/c1-3-8-12-9-6-4-5-7-10(12)11-2/h3-9H2,1-2H3/b11-10-. The molecule has 70 valence electrons. The van der Waals surface area contributed by atoms with Crippen LogP contribution in [0.5, 0.6) is 0 Å². The van der Waals surface area contributed by atoms with E-state index in [2.05, 4.69) is 16.8 Å². The highest BCUT2D eigenvalue weighted by Gasteiger charge is 2.12. The fourth-order valence-electron chi connectivity index (χ4n) is 1.81. The van der Waals surface area contributed by atoms with Crippen LogP contribution in [0.3, 0.4) is 0 Å². The maximum Gasteiger partial charge on any atom is 0.0985 e. The monoisotopic (exact) mass is 168 g/mol. The van der Waals surface area contributed by atoms with Gasteiger partial charge in [0.1, 0.15) is 0 Å². The van der Waals surface area contributed by atoms with E-state index in [9.17, 15) is 0 Å². The average Bonchev–Trinajstić information content (AvgIpc) is 2.30. The van der Waals surface area contributed by atoms with E-state index in [-0.39, 0.29) is 0 Å². The lowest BCUT2D eigenvalue weighted by atomic mass is 10.2. The molecule has 2 nitrogen and oxygen atoms in total. The Morgan fingerprint density at radius 3 is 2.83 bits per heavy atom. The molecule has 0 spiro atoms. The van der Waals surface area contributed by atoms with Crippen molar-refractivity contribution in [2.45, 2.75) is 39.0 Å². The summed E-state index contributed by atoms with van der Waals surface area (Å²) in [6.45, 7) is 4.64. The van der Waals surface area contributed by atoms with Crippen LogP contribution in [0.4, 0.5) is 0 Å². The number of amidine groups is 1. The molecule has 0 bridgehead atoms. The lowest BCUT2D eigenvalue weighted by Gasteiger charge is -2.22. The van der Waals surface area contributed by atoms with Gasteiger partial charge in [-0.25, -0.2) is 0 Å². The molecule has 0 saturated carbocycles. The van der Waals surface area contributed by atoms with Gasteiger partial charge in [-0.05, 0) is 19.3 Å². The summed E-state index contributed by atoms with van der Waals surface area (Å²) in [5.41, 5.74) is 0. The second-order valence-corrected chi connectivity index (χ2v) is 3.44. The van der Waals surface area contributed by atoms with Crippen LogP contribution in [0.2, 0.25) is 0 Å². The molecule has 1 aliphatic heterocycles. The van der Waals surface area contributed by atoms with Crippen molar-refractivity contribution < 1.29 is 0 Å². The quantitative estimate of drug-likeness (QED) is 0.617. The summed E-state index contributed by atoms with van der Waals surface area (Å²) in [7, 11) is 1.92. The Labute approximate surface area is 75.7 Å². The summed E-state index contributed by atoms with van der Waals surface area (Å²) in [5.74, 6) is 1.33. The van der Waals surface area contributed by atoms with E-state index >= 15 is 0 Å². The predicted octanol–water partition coefficient (Wildman–Crippen LogP) is 2.30. The fourth-order valence-corrected chi connectivity index (χ4v) is 1.81. The predicted molar refractivity (Wildman–Crippen MR) is 53.7 cm³/mol. The van der Waals surface area contributed by atoms with E-state index in [0.717, 1.165) is 0 Å².